The maximum Gasteiger partial charge on any atom is 0.315 e. The van der Waals surface area contributed by atoms with Crippen LogP contribution in [0.5, 0.6) is 0 Å². The Morgan fingerprint density at radius 1 is 1.05 bits per heavy atom. The Hall–Kier alpha value is -2.04. The van der Waals surface area contributed by atoms with Crippen LogP contribution in [-0.2, 0) is 4.79 Å². The first kappa shape index (κ1) is 15.4. The summed E-state index contributed by atoms with van der Waals surface area (Å²) in [6, 6.07) is 7.42. The number of benzene rings is 1. The first-order valence-electron chi connectivity index (χ1n) is 7.43. The van der Waals surface area contributed by atoms with Crippen LogP contribution >= 0.6 is 0 Å². The predicted molar refractivity (Wildman–Crippen MR) is 83.0 cm³/mol. The molecule has 1 aliphatic carbocycles. The minimum absolute atomic E-state index is 0.0862. The van der Waals surface area contributed by atoms with Crippen molar-refractivity contribution in [1.82, 2.24) is 10.6 Å². The number of carbonyl (C=O) groups excluding carboxylic acids is 2. The lowest BCUT2D eigenvalue weighted by Crippen LogP contribution is -2.40. The molecule has 5 nitrogen and oxygen atoms in total. The second kappa shape index (κ2) is 6.61. The highest BCUT2D eigenvalue weighted by Gasteiger charge is 2.29. The molecule has 0 heterocycles. The van der Waals surface area contributed by atoms with Gasteiger partial charge in [-0.15, -0.1) is 0 Å². The third kappa shape index (κ3) is 4.77. The molecule has 0 spiro atoms. The monoisotopic (exact) mass is 289 g/mol. The van der Waals surface area contributed by atoms with Gasteiger partial charge in [-0.25, -0.2) is 4.79 Å². The van der Waals surface area contributed by atoms with E-state index in [1.807, 2.05) is 45.0 Å². The van der Waals surface area contributed by atoms with Crippen molar-refractivity contribution in [2.24, 2.45) is 5.92 Å². The Bertz CT molecular complexity index is 507. The van der Waals surface area contributed by atoms with Crippen molar-refractivity contribution in [2.45, 2.75) is 45.7 Å². The van der Waals surface area contributed by atoms with Crippen LogP contribution in [-0.4, -0.2) is 18.0 Å². The Morgan fingerprint density at radius 2 is 1.67 bits per heavy atom. The number of amides is 3. The average Bonchev–Trinajstić information content (AvgIpc) is 3.22. The fourth-order valence-corrected chi connectivity index (χ4v) is 2.03. The minimum Gasteiger partial charge on any atom is -0.336 e. The number of hydrogen-bond donors (Lipinski definition) is 3. The molecule has 2 rings (SSSR count). The second-order valence-corrected chi connectivity index (χ2v) is 5.88. The largest absolute Gasteiger partial charge is 0.336 e. The number of hydrogen-bond acceptors (Lipinski definition) is 2. The predicted octanol–water partition coefficient (Wildman–Crippen LogP) is 2.80. The molecule has 1 saturated carbocycles. The van der Waals surface area contributed by atoms with E-state index in [1.54, 1.807) is 0 Å². The van der Waals surface area contributed by atoms with Crippen LogP contribution in [0.4, 0.5) is 10.5 Å². The van der Waals surface area contributed by atoms with Crippen LogP contribution in [0, 0.1) is 5.92 Å². The number of rotatable bonds is 5. The summed E-state index contributed by atoms with van der Waals surface area (Å²) in [7, 11) is 0. The zero-order chi connectivity index (χ0) is 15.4. The van der Waals surface area contributed by atoms with Crippen molar-refractivity contribution in [1.29, 1.82) is 0 Å². The quantitative estimate of drug-likeness (QED) is 0.780. The van der Waals surface area contributed by atoms with Gasteiger partial charge in [0, 0.05) is 17.6 Å². The van der Waals surface area contributed by atoms with Crippen LogP contribution in [0.15, 0.2) is 24.3 Å². The van der Waals surface area contributed by atoms with Gasteiger partial charge in [0.2, 0.25) is 5.91 Å². The van der Waals surface area contributed by atoms with Gasteiger partial charge in [0.1, 0.15) is 0 Å². The molecule has 0 aliphatic heterocycles. The van der Waals surface area contributed by atoms with E-state index >= 15 is 0 Å². The zero-order valence-corrected chi connectivity index (χ0v) is 12.8. The molecule has 1 aromatic carbocycles. The summed E-state index contributed by atoms with van der Waals surface area (Å²) in [5.41, 5.74) is 1.80. The van der Waals surface area contributed by atoms with Crippen LogP contribution < -0.4 is 16.0 Å². The molecule has 1 fully saturated rings. The van der Waals surface area contributed by atoms with Crippen molar-refractivity contribution in [3.63, 3.8) is 0 Å². The van der Waals surface area contributed by atoms with E-state index < -0.39 is 0 Å². The third-order valence-electron chi connectivity index (χ3n) is 3.39. The molecular weight excluding hydrogens is 266 g/mol. The van der Waals surface area contributed by atoms with E-state index in [4.69, 9.17) is 0 Å². The van der Waals surface area contributed by atoms with Gasteiger partial charge in [-0.3, -0.25) is 4.79 Å². The van der Waals surface area contributed by atoms with Crippen LogP contribution in [0.2, 0.25) is 0 Å². The summed E-state index contributed by atoms with van der Waals surface area (Å²) in [6.07, 6.45) is 1.99. The molecule has 0 saturated heterocycles. The fraction of sp³-hybridized carbons (Fsp3) is 0.500. The number of urea groups is 1. The molecule has 114 valence electrons. The first-order chi connectivity index (χ1) is 9.95. The lowest BCUT2D eigenvalue weighted by atomic mass is 10.1. The Morgan fingerprint density at radius 3 is 2.19 bits per heavy atom. The van der Waals surface area contributed by atoms with Gasteiger partial charge in [0.25, 0.3) is 0 Å². The van der Waals surface area contributed by atoms with E-state index in [9.17, 15) is 9.59 Å². The van der Waals surface area contributed by atoms with Crippen LogP contribution in [0.1, 0.15) is 45.2 Å². The highest BCUT2D eigenvalue weighted by molar-refractivity contribution is 5.94. The molecule has 1 unspecified atom stereocenters. The van der Waals surface area contributed by atoms with Gasteiger partial charge in [-0.2, -0.15) is 0 Å². The summed E-state index contributed by atoms with van der Waals surface area (Å²) in [5.74, 6) is 0.301. The average molecular weight is 289 g/mol. The van der Waals surface area contributed by atoms with Gasteiger partial charge >= 0.3 is 6.03 Å². The molecule has 0 radical (unpaired) electrons. The standard InChI is InChI=1S/C16H23N3O2/c1-10(2)17-16(21)18-11(3)12-6-8-14(9-7-12)19-15(20)13-4-5-13/h6-11,13H,4-5H2,1-3H3,(H,19,20)(H2,17,18,21). The highest BCUT2D eigenvalue weighted by atomic mass is 16.2. The molecule has 3 N–H and O–H groups in total. The molecule has 21 heavy (non-hydrogen) atoms. The van der Waals surface area contributed by atoms with Crippen molar-refractivity contribution in [3.8, 4) is 0 Å². The summed E-state index contributed by atoms with van der Waals surface area (Å²) < 4.78 is 0. The smallest absolute Gasteiger partial charge is 0.315 e. The third-order valence-corrected chi connectivity index (χ3v) is 3.39. The van der Waals surface area contributed by atoms with E-state index in [2.05, 4.69) is 16.0 Å². The maximum absolute atomic E-state index is 11.7. The van der Waals surface area contributed by atoms with E-state index in [0.29, 0.717) is 0 Å². The highest BCUT2D eigenvalue weighted by Crippen LogP contribution is 2.30. The Kier molecular flexibility index (Phi) is 4.83. The van der Waals surface area contributed by atoms with Gasteiger partial charge in [-0.1, -0.05) is 12.1 Å². The fourth-order valence-electron chi connectivity index (χ4n) is 2.03. The molecule has 1 aliphatic rings. The number of anilines is 1. The number of nitrogens with one attached hydrogen (secondary N) is 3. The summed E-state index contributed by atoms with van der Waals surface area (Å²) >= 11 is 0. The van der Waals surface area contributed by atoms with Crippen molar-refractivity contribution < 1.29 is 9.59 Å². The molecule has 3 amide bonds. The second-order valence-electron chi connectivity index (χ2n) is 5.88. The minimum atomic E-state index is -0.177. The van der Waals surface area contributed by atoms with Gasteiger partial charge in [-0.05, 0) is 51.3 Å². The Balaban J connectivity index is 1.88. The first-order valence-corrected chi connectivity index (χ1v) is 7.43. The SMILES string of the molecule is CC(C)NC(=O)NC(C)c1ccc(NC(=O)C2CC2)cc1. The van der Waals surface area contributed by atoms with E-state index in [0.717, 1.165) is 24.1 Å². The lowest BCUT2D eigenvalue weighted by Gasteiger charge is -2.17. The van der Waals surface area contributed by atoms with Crippen LogP contribution in [0.25, 0.3) is 0 Å². The van der Waals surface area contributed by atoms with E-state index in [1.165, 1.54) is 0 Å². The molecule has 1 aromatic rings. The van der Waals surface area contributed by atoms with Gasteiger partial charge in [0.05, 0.1) is 6.04 Å². The summed E-state index contributed by atoms with van der Waals surface area (Å²) in [4.78, 5) is 23.3. The Labute approximate surface area is 125 Å². The molecule has 0 aromatic heterocycles. The molecule has 1 atom stereocenters. The van der Waals surface area contributed by atoms with E-state index in [-0.39, 0.29) is 29.9 Å². The molecular formula is C16H23N3O2. The van der Waals surface area contributed by atoms with Crippen molar-refractivity contribution in [3.05, 3.63) is 29.8 Å². The van der Waals surface area contributed by atoms with Gasteiger partial charge in [0.15, 0.2) is 0 Å². The van der Waals surface area contributed by atoms with Crippen molar-refractivity contribution >= 4 is 17.6 Å². The van der Waals surface area contributed by atoms with Crippen molar-refractivity contribution in [2.75, 3.05) is 5.32 Å². The van der Waals surface area contributed by atoms with Crippen LogP contribution in [0.3, 0.4) is 0 Å². The topological polar surface area (TPSA) is 70.2 Å². The molecule has 0 bridgehead atoms. The lowest BCUT2D eigenvalue weighted by molar-refractivity contribution is -0.117. The molecule has 5 heteroatoms. The maximum atomic E-state index is 11.7. The summed E-state index contributed by atoms with van der Waals surface area (Å²) in [5, 5.41) is 8.57. The normalized spacial score (nSPS) is 15.4. The summed E-state index contributed by atoms with van der Waals surface area (Å²) in [6.45, 7) is 5.76. The van der Waals surface area contributed by atoms with Gasteiger partial charge < -0.3 is 16.0 Å². The zero-order valence-electron chi connectivity index (χ0n) is 12.8. The number of carbonyl (C=O) groups is 2.